The molecule has 1 unspecified atom stereocenters. The molecule has 1 amide bonds. The number of aliphatic hydroxyl groups is 1. The molecule has 0 aliphatic carbocycles. The molecule has 0 spiro atoms. The number of nitrogens with zero attached hydrogens (tertiary/aromatic N) is 2. The van der Waals surface area contributed by atoms with Crippen molar-refractivity contribution in [2.75, 3.05) is 18.6 Å². The van der Waals surface area contributed by atoms with Gasteiger partial charge in [0.15, 0.2) is 0 Å². The van der Waals surface area contributed by atoms with Gasteiger partial charge in [0.25, 0.3) is 11.7 Å². The third kappa shape index (κ3) is 5.13. The highest BCUT2D eigenvalue weighted by atomic mass is 35.5. The predicted molar refractivity (Wildman–Crippen MR) is 143 cm³/mol. The zero-order chi connectivity index (χ0) is 27.6. The van der Waals surface area contributed by atoms with Gasteiger partial charge in [0.05, 0.1) is 41.5 Å². The molecule has 196 valence electrons. The number of carbonyl (C=O) groups excluding carboxylic acids is 3. The number of benzene rings is 2. The molecule has 1 aliphatic rings. The number of amides is 1. The SMILES string of the molecule is COc1c(Cl)cc(C)cc1/C(O)=C1\C(=O)C(=O)N(c2ccc(C(=O)OCC(C)C)cc2)C1c1cccnc1. The highest BCUT2D eigenvalue weighted by Gasteiger charge is 2.47. The molecule has 0 saturated carbocycles. The minimum Gasteiger partial charge on any atom is -0.507 e. The van der Waals surface area contributed by atoms with E-state index in [9.17, 15) is 19.5 Å². The van der Waals surface area contributed by atoms with E-state index in [2.05, 4.69) is 4.98 Å². The summed E-state index contributed by atoms with van der Waals surface area (Å²) in [6.45, 7) is 5.94. The summed E-state index contributed by atoms with van der Waals surface area (Å²) in [5.74, 6) is -2.26. The lowest BCUT2D eigenvalue weighted by Gasteiger charge is -2.25. The number of hydrogen-bond acceptors (Lipinski definition) is 7. The van der Waals surface area contributed by atoms with Crippen LogP contribution in [0.2, 0.25) is 5.02 Å². The molecular weight excluding hydrogens is 508 g/mol. The van der Waals surface area contributed by atoms with E-state index < -0.39 is 29.5 Å². The van der Waals surface area contributed by atoms with Crippen molar-refractivity contribution in [3.63, 3.8) is 0 Å². The van der Waals surface area contributed by atoms with Gasteiger partial charge < -0.3 is 14.6 Å². The Balaban J connectivity index is 1.84. The van der Waals surface area contributed by atoms with Crippen molar-refractivity contribution in [2.45, 2.75) is 26.8 Å². The maximum absolute atomic E-state index is 13.4. The Morgan fingerprint density at radius 2 is 1.87 bits per heavy atom. The smallest absolute Gasteiger partial charge is 0.338 e. The molecule has 8 nitrogen and oxygen atoms in total. The molecule has 1 N–H and O–H groups in total. The summed E-state index contributed by atoms with van der Waals surface area (Å²) in [5, 5.41) is 11.7. The van der Waals surface area contributed by atoms with Crippen LogP contribution in [-0.2, 0) is 14.3 Å². The van der Waals surface area contributed by atoms with Gasteiger partial charge >= 0.3 is 5.97 Å². The number of esters is 1. The van der Waals surface area contributed by atoms with Crippen LogP contribution in [0.4, 0.5) is 5.69 Å². The molecule has 1 saturated heterocycles. The molecular formula is C29H27ClN2O6. The predicted octanol–water partition coefficient (Wildman–Crippen LogP) is 5.49. The van der Waals surface area contributed by atoms with Crippen molar-refractivity contribution in [3.05, 3.63) is 93.8 Å². The van der Waals surface area contributed by atoms with Gasteiger partial charge in [0.2, 0.25) is 0 Å². The fraction of sp³-hybridized carbons (Fsp3) is 0.241. The Morgan fingerprint density at radius 3 is 2.47 bits per heavy atom. The van der Waals surface area contributed by atoms with Crippen LogP contribution in [-0.4, -0.2) is 41.5 Å². The summed E-state index contributed by atoms with van der Waals surface area (Å²) in [6.07, 6.45) is 3.09. The zero-order valence-electron chi connectivity index (χ0n) is 21.4. The number of carbonyl (C=O) groups is 3. The van der Waals surface area contributed by atoms with Gasteiger partial charge in [-0.05, 0) is 66.4 Å². The first-order chi connectivity index (χ1) is 18.1. The van der Waals surface area contributed by atoms with Gasteiger partial charge in [-0.15, -0.1) is 0 Å². The third-order valence-corrected chi connectivity index (χ3v) is 6.30. The van der Waals surface area contributed by atoms with E-state index >= 15 is 0 Å². The lowest BCUT2D eigenvalue weighted by Crippen LogP contribution is -2.29. The molecule has 1 atom stereocenters. The summed E-state index contributed by atoms with van der Waals surface area (Å²) in [6, 6.07) is 11.9. The number of anilines is 1. The van der Waals surface area contributed by atoms with Crippen LogP contribution in [0.25, 0.3) is 5.76 Å². The monoisotopic (exact) mass is 534 g/mol. The first-order valence-corrected chi connectivity index (χ1v) is 12.3. The van der Waals surface area contributed by atoms with E-state index in [0.717, 1.165) is 5.56 Å². The van der Waals surface area contributed by atoms with Gasteiger partial charge in [-0.3, -0.25) is 19.5 Å². The maximum atomic E-state index is 13.4. The van der Waals surface area contributed by atoms with Crippen molar-refractivity contribution in [1.29, 1.82) is 0 Å². The van der Waals surface area contributed by atoms with E-state index in [1.807, 2.05) is 13.8 Å². The summed E-state index contributed by atoms with van der Waals surface area (Å²) in [5.41, 5.74) is 1.95. The summed E-state index contributed by atoms with van der Waals surface area (Å²) < 4.78 is 10.7. The van der Waals surface area contributed by atoms with Crippen molar-refractivity contribution in [1.82, 2.24) is 4.98 Å². The standard InChI is InChI=1S/C29H27ClN2O6/c1-16(2)15-38-29(36)18-7-9-20(10-8-18)32-24(19-6-5-11-31-14-19)23(26(34)28(32)35)25(33)21-12-17(3)13-22(30)27(21)37-4/h5-14,16,24,33H,15H2,1-4H3/b25-23+. The van der Waals surface area contributed by atoms with Crippen molar-refractivity contribution in [3.8, 4) is 5.75 Å². The third-order valence-electron chi connectivity index (χ3n) is 6.02. The highest BCUT2D eigenvalue weighted by molar-refractivity contribution is 6.51. The number of methoxy groups -OCH3 is 1. The fourth-order valence-electron chi connectivity index (χ4n) is 4.29. The lowest BCUT2D eigenvalue weighted by molar-refractivity contribution is -0.132. The van der Waals surface area contributed by atoms with Gasteiger partial charge in [0.1, 0.15) is 11.5 Å². The fourth-order valence-corrected chi connectivity index (χ4v) is 4.64. The van der Waals surface area contributed by atoms with Gasteiger partial charge in [-0.2, -0.15) is 0 Å². The molecule has 1 fully saturated rings. The molecule has 0 bridgehead atoms. The van der Waals surface area contributed by atoms with Crippen LogP contribution >= 0.6 is 11.6 Å². The van der Waals surface area contributed by atoms with Crippen molar-refractivity contribution in [2.24, 2.45) is 5.92 Å². The Morgan fingerprint density at radius 1 is 1.16 bits per heavy atom. The highest BCUT2D eigenvalue weighted by Crippen LogP contribution is 2.44. The lowest BCUT2D eigenvalue weighted by atomic mass is 9.95. The van der Waals surface area contributed by atoms with Crippen molar-refractivity contribution < 1.29 is 29.0 Å². The number of pyridine rings is 1. The average molecular weight is 535 g/mol. The van der Waals surface area contributed by atoms with Crippen LogP contribution < -0.4 is 9.64 Å². The topological polar surface area (TPSA) is 106 Å². The number of ether oxygens (including phenoxy) is 2. The van der Waals surface area contributed by atoms with E-state index in [1.165, 1.54) is 30.3 Å². The van der Waals surface area contributed by atoms with Crippen LogP contribution in [0.15, 0.2) is 66.5 Å². The Kier molecular flexibility index (Phi) is 7.83. The number of rotatable bonds is 7. The number of aromatic nitrogens is 1. The normalized spacial score (nSPS) is 16.7. The number of halogens is 1. The van der Waals surface area contributed by atoms with Crippen LogP contribution in [0, 0.1) is 12.8 Å². The van der Waals surface area contributed by atoms with Crippen molar-refractivity contribution >= 4 is 40.7 Å². The largest absolute Gasteiger partial charge is 0.507 e. The second kappa shape index (κ2) is 11.1. The molecule has 0 radical (unpaired) electrons. The maximum Gasteiger partial charge on any atom is 0.338 e. The molecule has 1 aromatic heterocycles. The van der Waals surface area contributed by atoms with Crippen LogP contribution in [0.5, 0.6) is 5.75 Å². The van der Waals surface area contributed by atoms with Crippen LogP contribution in [0.3, 0.4) is 0 Å². The zero-order valence-corrected chi connectivity index (χ0v) is 22.2. The Labute approximate surface area is 225 Å². The van der Waals surface area contributed by atoms with Crippen LogP contribution in [0.1, 0.15) is 46.9 Å². The molecule has 38 heavy (non-hydrogen) atoms. The summed E-state index contributed by atoms with van der Waals surface area (Å²) in [4.78, 5) is 44.6. The molecule has 2 heterocycles. The van der Waals surface area contributed by atoms with Gasteiger partial charge in [0, 0.05) is 18.1 Å². The van der Waals surface area contributed by atoms with E-state index in [-0.39, 0.29) is 34.4 Å². The average Bonchev–Trinajstić information content (AvgIpc) is 3.17. The number of aliphatic hydroxyl groups excluding tert-OH is 1. The second-order valence-corrected chi connectivity index (χ2v) is 9.73. The molecule has 3 aromatic rings. The summed E-state index contributed by atoms with van der Waals surface area (Å²) >= 11 is 6.34. The minimum atomic E-state index is -0.994. The Bertz CT molecular complexity index is 1420. The Hall–Kier alpha value is -4.17. The molecule has 9 heteroatoms. The van der Waals surface area contributed by atoms with E-state index in [0.29, 0.717) is 16.8 Å². The first kappa shape index (κ1) is 26.9. The molecule has 1 aliphatic heterocycles. The molecule has 2 aromatic carbocycles. The first-order valence-electron chi connectivity index (χ1n) is 12.0. The number of Topliss-reactive ketones (excluding diaryl/α,β-unsaturated/α-hetero) is 1. The van der Waals surface area contributed by atoms with E-state index in [4.69, 9.17) is 21.1 Å². The summed E-state index contributed by atoms with van der Waals surface area (Å²) in [7, 11) is 1.40. The van der Waals surface area contributed by atoms with Gasteiger partial charge in [-0.1, -0.05) is 31.5 Å². The molecule has 4 rings (SSSR count). The van der Waals surface area contributed by atoms with E-state index in [1.54, 1.807) is 49.5 Å². The minimum absolute atomic E-state index is 0.136. The number of hydrogen-bond donors (Lipinski definition) is 1. The number of aryl methyl sites for hydroxylation is 1. The number of ketones is 1. The van der Waals surface area contributed by atoms with Gasteiger partial charge in [-0.25, -0.2) is 4.79 Å². The quantitative estimate of drug-likeness (QED) is 0.185. The second-order valence-electron chi connectivity index (χ2n) is 9.32.